The van der Waals surface area contributed by atoms with Gasteiger partial charge < -0.3 is 46.0 Å². The maximum absolute atomic E-state index is 13.4. The Bertz CT molecular complexity index is 3720. The molecule has 12 heterocycles. The van der Waals surface area contributed by atoms with E-state index in [1.807, 2.05) is 11.0 Å². The van der Waals surface area contributed by atoms with Crippen molar-refractivity contribution in [1.82, 2.24) is 50.7 Å². The molecule has 0 unspecified atom stereocenters. The van der Waals surface area contributed by atoms with Crippen LogP contribution in [0.15, 0.2) is 91.5 Å². The zero-order chi connectivity index (χ0) is 65.6. The number of pyridine rings is 4. The number of nitrogens with zero attached hydrogens (tertiary/aromatic N) is 14. The van der Waals surface area contributed by atoms with Crippen LogP contribution in [-0.2, 0) is 0 Å². The number of urea groups is 3. The van der Waals surface area contributed by atoms with Crippen molar-refractivity contribution >= 4 is 87.7 Å². The van der Waals surface area contributed by atoms with Gasteiger partial charge in [0.2, 0.25) is 5.88 Å². The van der Waals surface area contributed by atoms with Gasteiger partial charge in [-0.05, 0) is 92.3 Å². The van der Waals surface area contributed by atoms with Gasteiger partial charge in [0.05, 0.1) is 67.3 Å². The molecule has 6 aliphatic heterocycles. The van der Waals surface area contributed by atoms with Crippen LogP contribution in [0.3, 0.4) is 0 Å². The molecule has 29 nitrogen and oxygen atoms in total. The number of nitrogens with one attached hydrogen (secondary N) is 5. The summed E-state index contributed by atoms with van der Waals surface area (Å²) in [4.78, 5) is 112. The maximum Gasteiger partial charge on any atom is 0.405 e. The molecular formula is C59H65F5N20O9. The highest BCUT2D eigenvalue weighted by atomic mass is 19.4. The summed E-state index contributed by atoms with van der Waals surface area (Å²) in [5.74, 6) is -2.24. The van der Waals surface area contributed by atoms with E-state index in [2.05, 4.69) is 71.2 Å². The number of hydrogen-bond donors (Lipinski definition) is 8. The number of aliphatic hydroxyl groups excluding tert-OH is 2. The Morgan fingerprint density at radius 2 is 1.12 bits per heavy atom. The molecule has 34 heteroatoms. The summed E-state index contributed by atoms with van der Waals surface area (Å²) in [5.41, 5.74) is 7.33. The molecule has 0 aromatic carbocycles. The summed E-state index contributed by atoms with van der Waals surface area (Å²) in [7, 11) is 0. The number of hydrogen-bond acceptors (Lipinski definition) is 21. The van der Waals surface area contributed by atoms with E-state index in [0.717, 1.165) is 44.6 Å². The second kappa shape index (κ2) is 27.8. The first kappa shape index (κ1) is 64.4. The topological polar surface area (TPSA) is 361 Å². The Balaban J connectivity index is 0.000000143. The molecule has 3 saturated heterocycles. The second-order valence-corrected chi connectivity index (χ2v) is 22.8. The summed E-state index contributed by atoms with van der Waals surface area (Å²) >= 11 is 0. The minimum atomic E-state index is -4.57. The van der Waals surface area contributed by atoms with Gasteiger partial charge in [0.15, 0.2) is 34.9 Å². The third-order valence-corrected chi connectivity index (χ3v) is 16.2. The second-order valence-electron chi connectivity index (χ2n) is 22.8. The molecule has 13 rings (SSSR count). The number of Topliss-reactive ketones (excluding diaryl/α,β-unsaturated/α-hetero) is 1. The maximum atomic E-state index is 13.4. The van der Waals surface area contributed by atoms with Crippen molar-refractivity contribution in [2.75, 3.05) is 117 Å². The van der Waals surface area contributed by atoms with Gasteiger partial charge in [-0.25, -0.2) is 53.1 Å². The predicted octanol–water partition coefficient (Wildman–Crippen LogP) is 4.83. The number of anilines is 9. The highest BCUT2D eigenvalue weighted by Crippen LogP contribution is 2.42. The number of aliphatic hydroxyl groups is 2. The van der Waals surface area contributed by atoms with E-state index in [1.165, 1.54) is 47.2 Å². The fraction of sp³-hybridized carbons (Fsp3) is 0.424. The number of fused-ring (bicyclic) bond motifs is 12. The lowest BCUT2D eigenvalue weighted by Crippen LogP contribution is -2.48. The molecule has 1 saturated carbocycles. The van der Waals surface area contributed by atoms with Crippen LogP contribution in [0.2, 0.25) is 0 Å². The number of nitrogens with two attached hydrogens (primary N) is 1. The van der Waals surface area contributed by atoms with Crippen molar-refractivity contribution in [2.24, 2.45) is 11.7 Å². The Labute approximate surface area is 527 Å². The molecule has 4 atom stereocenters. The Hall–Kier alpha value is -10.1. The Morgan fingerprint density at radius 3 is 1.59 bits per heavy atom. The van der Waals surface area contributed by atoms with Crippen molar-refractivity contribution in [2.45, 2.75) is 81.3 Å². The number of halogens is 5. The minimum Gasteiger partial charge on any atom is -0.474 e. The lowest BCUT2D eigenvalue weighted by Gasteiger charge is -2.35. The molecule has 0 spiro atoms. The van der Waals surface area contributed by atoms with Gasteiger partial charge in [0.1, 0.15) is 42.2 Å². The van der Waals surface area contributed by atoms with Crippen molar-refractivity contribution < 1.29 is 65.7 Å². The number of carbonyl (C=O) groups excluding carboxylic acids is 6. The van der Waals surface area contributed by atoms with Crippen LogP contribution in [0.4, 0.5) is 88.3 Å². The minimum absolute atomic E-state index is 0.0356. The number of alkyl halides is 5. The Morgan fingerprint density at radius 1 is 0.602 bits per heavy atom. The van der Waals surface area contributed by atoms with Crippen molar-refractivity contribution in [3.05, 3.63) is 109 Å². The van der Waals surface area contributed by atoms with Gasteiger partial charge in [0.25, 0.3) is 17.7 Å². The first-order valence-electron chi connectivity index (χ1n) is 30.0. The van der Waals surface area contributed by atoms with Crippen LogP contribution in [0.25, 0.3) is 0 Å². The molecule has 4 fully saturated rings. The molecule has 6 bridgehead atoms. The largest absolute Gasteiger partial charge is 0.474 e. The van der Waals surface area contributed by atoms with E-state index >= 15 is 0 Å². The number of rotatable bonds is 17. The van der Waals surface area contributed by atoms with Gasteiger partial charge in [0, 0.05) is 58.1 Å². The summed E-state index contributed by atoms with van der Waals surface area (Å²) in [6.07, 6.45) is 6.11. The highest BCUT2D eigenvalue weighted by Gasteiger charge is 2.44. The van der Waals surface area contributed by atoms with E-state index in [9.17, 15) is 55.8 Å². The van der Waals surface area contributed by atoms with Crippen LogP contribution >= 0.6 is 0 Å². The van der Waals surface area contributed by atoms with E-state index in [0.29, 0.717) is 78.7 Å². The molecule has 93 heavy (non-hydrogen) atoms. The fourth-order valence-electron chi connectivity index (χ4n) is 11.3. The fourth-order valence-corrected chi connectivity index (χ4v) is 11.3. The van der Waals surface area contributed by atoms with Gasteiger partial charge in [-0.3, -0.25) is 45.0 Å². The van der Waals surface area contributed by atoms with Gasteiger partial charge in [-0.15, -0.1) is 5.10 Å². The summed E-state index contributed by atoms with van der Waals surface area (Å²) < 4.78 is 69.3. The lowest BCUT2D eigenvalue weighted by molar-refractivity contribution is -0.123. The average molecular weight is 1290 g/mol. The molecule has 6 aromatic rings. The molecule has 8 amide bonds. The van der Waals surface area contributed by atoms with Crippen LogP contribution in [-0.4, -0.2) is 194 Å². The highest BCUT2D eigenvalue weighted by molar-refractivity contribution is 6.07. The normalized spacial score (nSPS) is 18.3. The third-order valence-electron chi connectivity index (χ3n) is 16.2. The Kier molecular flexibility index (Phi) is 19.3. The van der Waals surface area contributed by atoms with E-state index in [1.54, 1.807) is 71.1 Å². The van der Waals surface area contributed by atoms with Crippen molar-refractivity contribution in [1.29, 1.82) is 0 Å². The zero-order valence-corrected chi connectivity index (χ0v) is 49.8. The smallest absolute Gasteiger partial charge is 0.405 e. The first-order chi connectivity index (χ1) is 44.7. The molecule has 490 valence electrons. The first-order valence-corrected chi connectivity index (χ1v) is 30.0. The van der Waals surface area contributed by atoms with E-state index in [4.69, 9.17) is 15.6 Å². The van der Waals surface area contributed by atoms with Crippen LogP contribution in [0, 0.1) is 5.92 Å². The van der Waals surface area contributed by atoms with E-state index in [-0.39, 0.29) is 65.5 Å². The number of carbonyl (C=O) groups is 6. The third kappa shape index (κ3) is 15.5. The molecule has 1 aliphatic carbocycles. The monoisotopic (exact) mass is 1290 g/mol. The predicted molar refractivity (Wildman–Crippen MR) is 327 cm³/mol. The van der Waals surface area contributed by atoms with Crippen LogP contribution < -0.4 is 66.5 Å². The quantitative estimate of drug-likeness (QED) is 0.0447. The van der Waals surface area contributed by atoms with Crippen molar-refractivity contribution in [3.63, 3.8) is 0 Å². The number of amides is 8. The average Bonchev–Trinajstić information content (AvgIpc) is 1.92. The van der Waals surface area contributed by atoms with Crippen molar-refractivity contribution in [3.8, 4) is 5.88 Å². The molecular weight excluding hydrogens is 1230 g/mol. The molecule has 9 N–H and O–H groups in total. The lowest BCUT2D eigenvalue weighted by atomic mass is 10.1. The number of ether oxygens (including phenoxy) is 1. The van der Waals surface area contributed by atoms with Crippen LogP contribution in [0.5, 0.6) is 5.88 Å². The standard InChI is InChI=1S/C20H22F3N7O5.C20H22N6O2.C19H21F2N7O2/c21-20(22,23)10-26-18(33)13-1-2-14-17(27-13)30(11-3-4-29(14)7-11)19(34)28-15-5-25-16(6-24-15)35-9-12(32)8-31;27-17(8-5-13-3-4-13)15-6-7-16-19(22-15)26(14-9-11-25(16)12-14)20(28)23-18-2-1-10-21-24-18;20-19(21,10-22)11-24-17(29)13-4-5-14-16(25-13)28(12-6-8-27(14)9-12)18(30)26-15-3-1-2-7-23-15/h1-2,5-6,11-12,31-32H,3-4,7-10H2,(H,26,33)(H,24,28,34);1-2,6-7,10,13-14H,3-5,8-9,11-12H2,(H,23,24,28);1-5,7,12H,6,8-11,22H2,(H,24,29)(H,23,26,30)/t11-,12+;14-;12-/m000/s1. The van der Waals surface area contributed by atoms with E-state index < -0.39 is 68.3 Å². The molecule has 7 aliphatic rings. The van der Waals surface area contributed by atoms with Gasteiger partial charge in [-0.2, -0.15) is 18.3 Å². The molecule has 6 aromatic heterocycles. The zero-order valence-electron chi connectivity index (χ0n) is 49.8. The number of aromatic nitrogens is 8. The summed E-state index contributed by atoms with van der Waals surface area (Å²) in [5, 5.41) is 37.9. The summed E-state index contributed by atoms with van der Waals surface area (Å²) in [6.45, 7) is 0.312. The van der Waals surface area contributed by atoms with Gasteiger partial charge >= 0.3 is 24.3 Å². The number of ketones is 1. The van der Waals surface area contributed by atoms with Gasteiger partial charge in [-0.1, -0.05) is 18.9 Å². The van der Waals surface area contributed by atoms with Crippen LogP contribution in [0.1, 0.15) is 76.4 Å². The molecule has 0 radical (unpaired) electrons. The summed E-state index contributed by atoms with van der Waals surface area (Å²) in [6, 6.07) is 16.7. The SMILES string of the molecule is NCC(F)(F)CNC(=O)c1ccc2c(n1)N(C(=O)Nc1ccccn1)[C@H]1CCN2C1.O=C(CCC1CC1)c1ccc2c(n1)N(C(=O)Nc1cccnn1)[C@H]1CCN2C1.O=C(NCC(F)(F)F)c1ccc2c(n1)N(C(=O)Nc1cnc(OC[C@H](O)CO)cn1)[C@H]1CCN2C1.